The van der Waals surface area contributed by atoms with Crippen LogP contribution in [0.25, 0.3) is 11.3 Å². The molecule has 4 rings (SSSR count). The van der Waals surface area contributed by atoms with Crippen molar-refractivity contribution in [3.8, 4) is 11.3 Å². The third kappa shape index (κ3) is 6.09. The molecule has 31 heavy (non-hydrogen) atoms. The Morgan fingerprint density at radius 3 is 2.71 bits per heavy atom. The molecule has 7 nitrogen and oxygen atoms in total. The lowest BCUT2D eigenvalue weighted by Gasteiger charge is -2.38. The van der Waals surface area contributed by atoms with E-state index in [-0.39, 0.29) is 0 Å². The van der Waals surface area contributed by atoms with Gasteiger partial charge < -0.3 is 10.5 Å². The van der Waals surface area contributed by atoms with E-state index < -0.39 is 0 Å². The summed E-state index contributed by atoms with van der Waals surface area (Å²) in [6.07, 6.45) is 11.2. The number of hydrogen-bond acceptors (Lipinski definition) is 7. The molecule has 3 N–H and O–H groups in total. The van der Waals surface area contributed by atoms with E-state index in [4.69, 9.17) is 10.7 Å². The number of aromatic nitrogens is 2. The fraction of sp³-hybridized carbons (Fsp3) is 0.542. The van der Waals surface area contributed by atoms with E-state index in [1.165, 1.54) is 6.42 Å². The number of carbonyl (C=O) groups excluding carboxylic acids is 1. The van der Waals surface area contributed by atoms with Crippen molar-refractivity contribution >= 4 is 12.1 Å². The Hall–Kier alpha value is -2.35. The van der Waals surface area contributed by atoms with Gasteiger partial charge in [-0.3, -0.25) is 14.9 Å². The Kier molecular flexibility index (Phi) is 7.61. The smallest absolute Gasteiger partial charge is 0.143 e. The van der Waals surface area contributed by atoms with Crippen LogP contribution < -0.4 is 16.2 Å². The van der Waals surface area contributed by atoms with Crippen LogP contribution in [0.2, 0.25) is 0 Å². The molecule has 166 valence electrons. The highest BCUT2D eigenvalue weighted by molar-refractivity contribution is 5.60. The molecule has 0 aromatic carbocycles. The van der Waals surface area contributed by atoms with Gasteiger partial charge in [-0.25, -0.2) is 10.4 Å². The van der Waals surface area contributed by atoms with Gasteiger partial charge in [0, 0.05) is 43.1 Å². The van der Waals surface area contributed by atoms with E-state index >= 15 is 0 Å². The molecular weight excluding hydrogens is 388 g/mol. The predicted molar refractivity (Wildman–Crippen MR) is 123 cm³/mol. The summed E-state index contributed by atoms with van der Waals surface area (Å²) in [5, 5.41) is 2.25. The summed E-state index contributed by atoms with van der Waals surface area (Å²) in [5.41, 5.74) is 11.9. The van der Waals surface area contributed by atoms with Crippen molar-refractivity contribution in [2.24, 2.45) is 11.7 Å². The lowest BCUT2D eigenvalue weighted by atomic mass is 9.92. The first-order chi connectivity index (χ1) is 15.2. The number of anilines is 1. The topological polar surface area (TPSA) is 87.4 Å². The molecule has 2 aromatic rings. The number of likely N-dealkylation sites (tertiary alicyclic amines) is 1. The molecule has 1 aliphatic heterocycles. The first-order valence-electron chi connectivity index (χ1n) is 11.5. The number of piperidine rings is 1. The molecule has 1 atom stereocenters. The minimum Gasteiger partial charge on any atom is -0.328 e. The van der Waals surface area contributed by atoms with Crippen molar-refractivity contribution in [2.75, 3.05) is 31.2 Å². The van der Waals surface area contributed by atoms with Gasteiger partial charge in [-0.05, 0) is 75.3 Å². The third-order valence-electron chi connectivity index (χ3n) is 6.47. The van der Waals surface area contributed by atoms with Crippen LogP contribution in [-0.2, 0) is 4.79 Å². The van der Waals surface area contributed by atoms with Gasteiger partial charge in [0.1, 0.15) is 12.1 Å². The Bertz CT molecular complexity index is 824. The van der Waals surface area contributed by atoms with E-state index in [9.17, 15) is 4.79 Å². The highest BCUT2D eigenvalue weighted by Gasteiger charge is 2.26. The van der Waals surface area contributed by atoms with Crippen LogP contribution in [0.1, 0.15) is 38.5 Å². The van der Waals surface area contributed by atoms with Crippen molar-refractivity contribution < 1.29 is 4.79 Å². The Morgan fingerprint density at radius 1 is 1.13 bits per heavy atom. The molecular formula is C24H34N6O. The predicted octanol–water partition coefficient (Wildman–Crippen LogP) is 2.64. The largest absolute Gasteiger partial charge is 0.328 e. The summed E-state index contributed by atoms with van der Waals surface area (Å²) in [7, 11) is 0. The lowest BCUT2D eigenvalue weighted by Crippen LogP contribution is -2.51. The minimum atomic E-state index is 0.329. The second-order valence-electron chi connectivity index (χ2n) is 8.90. The summed E-state index contributed by atoms with van der Waals surface area (Å²) in [6, 6.07) is 10.9. The van der Waals surface area contributed by atoms with E-state index in [0.717, 1.165) is 75.1 Å². The second-order valence-corrected chi connectivity index (χ2v) is 8.90. The van der Waals surface area contributed by atoms with Crippen LogP contribution >= 0.6 is 0 Å². The Morgan fingerprint density at radius 2 is 1.94 bits per heavy atom. The molecule has 1 aliphatic carbocycles. The maximum Gasteiger partial charge on any atom is 0.143 e. The number of nitrogens with one attached hydrogen (secondary N) is 1. The van der Waals surface area contributed by atoms with Gasteiger partial charge in [0.15, 0.2) is 0 Å². The van der Waals surface area contributed by atoms with Crippen molar-refractivity contribution in [2.45, 2.75) is 50.6 Å². The zero-order chi connectivity index (χ0) is 21.5. The van der Waals surface area contributed by atoms with Gasteiger partial charge in [0.05, 0.1) is 12.2 Å². The van der Waals surface area contributed by atoms with Gasteiger partial charge in [-0.2, -0.15) is 0 Å². The number of rotatable bonds is 8. The minimum absolute atomic E-state index is 0.329. The number of nitrogens with zero attached hydrogens (tertiary/aromatic N) is 4. The number of hydrogen-bond donors (Lipinski definition) is 2. The fourth-order valence-corrected chi connectivity index (χ4v) is 4.77. The average molecular weight is 423 g/mol. The van der Waals surface area contributed by atoms with Crippen LogP contribution in [0, 0.1) is 5.92 Å². The van der Waals surface area contributed by atoms with Gasteiger partial charge in [-0.1, -0.05) is 6.07 Å². The Labute approximate surface area is 185 Å². The maximum absolute atomic E-state index is 11.0. The number of pyridine rings is 2. The van der Waals surface area contributed by atoms with Crippen molar-refractivity contribution in [3.05, 3.63) is 42.7 Å². The summed E-state index contributed by atoms with van der Waals surface area (Å²) >= 11 is 0. The standard InChI is InChI=1S/C24H34N6O/c25-21-6-8-22(9-7-21)28-30(18-19-3-2-14-29(17-19)15-16-31)24-5-1-4-23(27-24)20-10-12-26-13-11-20/h1,4-5,10-13,16,19,21-22,28H,2-3,6-9,14-15,17-18,25H2/t19-,21?,22?/m1/s1. The number of hydrazine groups is 1. The highest BCUT2D eigenvalue weighted by Crippen LogP contribution is 2.24. The summed E-state index contributed by atoms with van der Waals surface area (Å²) < 4.78 is 0. The highest BCUT2D eigenvalue weighted by atomic mass is 16.1. The zero-order valence-electron chi connectivity index (χ0n) is 18.2. The molecule has 2 aromatic heterocycles. The zero-order valence-corrected chi connectivity index (χ0v) is 18.2. The summed E-state index contributed by atoms with van der Waals surface area (Å²) in [4.78, 5) is 22.4. The Balaban J connectivity index is 1.52. The third-order valence-corrected chi connectivity index (χ3v) is 6.47. The van der Waals surface area contributed by atoms with Gasteiger partial charge in [-0.15, -0.1) is 0 Å². The molecule has 2 aliphatic rings. The van der Waals surface area contributed by atoms with Crippen LogP contribution in [0.5, 0.6) is 0 Å². The van der Waals surface area contributed by atoms with E-state index in [1.807, 2.05) is 18.2 Å². The molecule has 0 amide bonds. The van der Waals surface area contributed by atoms with Crippen molar-refractivity contribution in [1.82, 2.24) is 20.3 Å². The second kappa shape index (κ2) is 10.8. The quantitative estimate of drug-likeness (QED) is 0.499. The molecule has 0 bridgehead atoms. The first kappa shape index (κ1) is 21.9. The number of carbonyl (C=O) groups is 1. The number of aldehydes is 1. The monoisotopic (exact) mass is 422 g/mol. The molecule has 1 saturated heterocycles. The van der Waals surface area contributed by atoms with Gasteiger partial charge in [0.2, 0.25) is 0 Å². The van der Waals surface area contributed by atoms with Crippen molar-refractivity contribution in [1.29, 1.82) is 0 Å². The fourth-order valence-electron chi connectivity index (χ4n) is 4.77. The summed E-state index contributed by atoms with van der Waals surface area (Å²) in [5.74, 6) is 1.44. The van der Waals surface area contributed by atoms with E-state index in [1.54, 1.807) is 12.4 Å². The van der Waals surface area contributed by atoms with Gasteiger partial charge in [0.25, 0.3) is 0 Å². The van der Waals surface area contributed by atoms with Crippen LogP contribution in [-0.4, -0.2) is 59.4 Å². The molecule has 7 heteroatoms. The van der Waals surface area contributed by atoms with Crippen LogP contribution in [0.15, 0.2) is 42.7 Å². The molecule has 1 saturated carbocycles. The molecule has 0 radical (unpaired) electrons. The molecule has 0 unspecified atom stereocenters. The van der Waals surface area contributed by atoms with E-state index in [0.29, 0.717) is 24.5 Å². The molecule has 2 fully saturated rings. The SMILES string of the molecule is NC1CCC(NN(C[C@@H]2CCCN(CC=O)C2)c2cccc(-c3ccncc3)n2)CC1. The average Bonchev–Trinajstić information content (AvgIpc) is 2.81. The van der Waals surface area contributed by atoms with E-state index in [2.05, 4.69) is 32.5 Å². The van der Waals surface area contributed by atoms with Gasteiger partial charge >= 0.3 is 0 Å². The maximum atomic E-state index is 11.0. The first-order valence-corrected chi connectivity index (χ1v) is 11.5. The number of nitrogens with two attached hydrogens (primary N) is 1. The van der Waals surface area contributed by atoms with Crippen LogP contribution in [0.3, 0.4) is 0 Å². The van der Waals surface area contributed by atoms with Crippen LogP contribution in [0.4, 0.5) is 5.82 Å². The molecule has 0 spiro atoms. The normalized spacial score (nSPS) is 24.6. The summed E-state index contributed by atoms with van der Waals surface area (Å²) in [6.45, 7) is 3.38. The molecule has 3 heterocycles. The lowest BCUT2D eigenvalue weighted by molar-refractivity contribution is -0.109. The van der Waals surface area contributed by atoms with Crippen molar-refractivity contribution in [3.63, 3.8) is 0 Å².